The second-order valence-electron chi connectivity index (χ2n) is 3.57. The van der Waals surface area contributed by atoms with Crippen LogP contribution in [0, 0.1) is 0 Å². The first-order valence-corrected chi connectivity index (χ1v) is 4.95. The van der Waals surface area contributed by atoms with Crippen LogP contribution < -0.4 is 0 Å². The molecule has 1 fully saturated rings. The lowest BCUT2D eigenvalue weighted by Crippen LogP contribution is -2.34. The smallest absolute Gasteiger partial charge is 0.323 e. The molecule has 0 N–H and O–H groups in total. The van der Waals surface area contributed by atoms with Gasteiger partial charge in [-0.15, -0.1) is 0 Å². The van der Waals surface area contributed by atoms with E-state index in [1.54, 1.807) is 18.2 Å². The Bertz CT molecular complexity index is 472. The molecule has 2 rings (SSSR count). The summed E-state index contributed by atoms with van der Waals surface area (Å²) in [7, 11) is 1.45. The number of nitrogens with zero attached hydrogens (tertiary/aromatic N) is 2. The summed E-state index contributed by atoms with van der Waals surface area (Å²) in [5.41, 5.74) is 0.280. The molecule has 88 valence electrons. The van der Waals surface area contributed by atoms with E-state index in [2.05, 4.69) is 0 Å². The Hall–Kier alpha value is -2.37. The predicted octanol–water partition coefficient (Wildman–Crippen LogP) is 0.652. The van der Waals surface area contributed by atoms with Crippen LogP contribution in [0.25, 0.3) is 0 Å². The maximum atomic E-state index is 11.6. The molecule has 1 heterocycles. The fraction of sp³-hybridized carbons (Fsp3) is 0.182. The van der Waals surface area contributed by atoms with Crippen molar-refractivity contribution in [3.63, 3.8) is 0 Å². The highest BCUT2D eigenvalue weighted by Crippen LogP contribution is 2.11. The molecule has 0 aromatic heterocycles. The monoisotopic (exact) mass is 234 g/mol. The van der Waals surface area contributed by atoms with E-state index in [4.69, 9.17) is 4.84 Å². The van der Waals surface area contributed by atoms with Crippen molar-refractivity contribution in [3.8, 4) is 0 Å². The number of hydrogen-bond acceptors (Lipinski definition) is 4. The molecule has 3 amide bonds. The third-order valence-electron chi connectivity index (χ3n) is 2.28. The van der Waals surface area contributed by atoms with Gasteiger partial charge >= 0.3 is 12.0 Å². The number of hydrogen-bond donors (Lipinski definition) is 0. The van der Waals surface area contributed by atoms with Crippen molar-refractivity contribution in [1.82, 2.24) is 9.96 Å². The summed E-state index contributed by atoms with van der Waals surface area (Å²) in [6, 6.07) is 7.51. The van der Waals surface area contributed by atoms with Gasteiger partial charge in [0, 0.05) is 7.05 Å². The molecular weight excluding hydrogens is 224 g/mol. The van der Waals surface area contributed by atoms with E-state index in [1.165, 1.54) is 24.1 Å². The second kappa shape index (κ2) is 4.25. The Morgan fingerprint density at radius 1 is 1.24 bits per heavy atom. The van der Waals surface area contributed by atoms with Crippen LogP contribution in [0.1, 0.15) is 10.4 Å². The summed E-state index contributed by atoms with van der Waals surface area (Å²) < 4.78 is 0. The maximum absolute atomic E-state index is 11.6. The highest BCUT2D eigenvalue weighted by molar-refractivity contribution is 6.02. The van der Waals surface area contributed by atoms with Gasteiger partial charge in [0.05, 0.1) is 5.56 Å². The molecule has 6 heteroatoms. The minimum atomic E-state index is -0.734. The molecule has 0 unspecified atom stereocenters. The fourth-order valence-corrected chi connectivity index (χ4v) is 1.40. The minimum Gasteiger partial charge on any atom is -0.323 e. The Labute approximate surface area is 97.3 Å². The molecule has 0 aliphatic carbocycles. The van der Waals surface area contributed by atoms with Gasteiger partial charge in [0.1, 0.15) is 6.54 Å². The maximum Gasteiger partial charge on any atom is 0.363 e. The number of carbonyl (C=O) groups is 3. The lowest BCUT2D eigenvalue weighted by molar-refractivity contribution is -0.148. The summed E-state index contributed by atoms with van der Waals surface area (Å²) in [5.74, 6) is -1.29. The second-order valence-corrected chi connectivity index (χ2v) is 3.57. The zero-order chi connectivity index (χ0) is 12.4. The molecule has 1 aromatic rings. The predicted molar refractivity (Wildman–Crippen MR) is 56.7 cm³/mol. The van der Waals surface area contributed by atoms with Crippen molar-refractivity contribution in [2.75, 3.05) is 13.6 Å². The molecule has 1 saturated heterocycles. The first-order chi connectivity index (χ1) is 8.09. The summed E-state index contributed by atoms with van der Waals surface area (Å²) in [5, 5.41) is 0.481. The average molecular weight is 234 g/mol. The van der Waals surface area contributed by atoms with Gasteiger partial charge in [0.2, 0.25) is 0 Å². The van der Waals surface area contributed by atoms with Gasteiger partial charge in [-0.05, 0) is 12.1 Å². The number of benzene rings is 1. The van der Waals surface area contributed by atoms with Crippen molar-refractivity contribution in [1.29, 1.82) is 0 Å². The molecule has 1 aliphatic heterocycles. The van der Waals surface area contributed by atoms with E-state index >= 15 is 0 Å². The van der Waals surface area contributed by atoms with E-state index in [1.807, 2.05) is 0 Å². The average Bonchev–Trinajstić information content (AvgIpc) is 2.57. The molecule has 0 atom stereocenters. The molecule has 0 bridgehead atoms. The third kappa shape index (κ3) is 2.10. The Balaban J connectivity index is 2.10. The number of hydroxylamine groups is 2. The zero-order valence-electron chi connectivity index (χ0n) is 9.12. The zero-order valence-corrected chi connectivity index (χ0v) is 9.12. The molecule has 17 heavy (non-hydrogen) atoms. The fourth-order valence-electron chi connectivity index (χ4n) is 1.40. The Morgan fingerprint density at radius 3 is 2.41 bits per heavy atom. The van der Waals surface area contributed by atoms with Crippen molar-refractivity contribution >= 4 is 17.9 Å². The summed E-state index contributed by atoms with van der Waals surface area (Å²) in [4.78, 5) is 40.3. The quantitative estimate of drug-likeness (QED) is 0.705. The van der Waals surface area contributed by atoms with Gasteiger partial charge in [-0.2, -0.15) is 0 Å². The van der Waals surface area contributed by atoms with Crippen LogP contribution in [0.15, 0.2) is 30.3 Å². The van der Waals surface area contributed by atoms with Crippen LogP contribution in [-0.4, -0.2) is 41.5 Å². The van der Waals surface area contributed by atoms with Crippen molar-refractivity contribution in [3.05, 3.63) is 35.9 Å². The number of amides is 3. The molecule has 0 radical (unpaired) electrons. The van der Waals surface area contributed by atoms with E-state index in [-0.39, 0.29) is 12.1 Å². The van der Waals surface area contributed by atoms with E-state index in [9.17, 15) is 14.4 Å². The number of imide groups is 1. The summed E-state index contributed by atoms with van der Waals surface area (Å²) in [6.45, 7) is -0.0824. The highest BCUT2D eigenvalue weighted by atomic mass is 16.7. The standard InChI is InChI=1S/C11H10N2O4/c1-12-7-9(14)13(11(12)16)17-10(15)8-5-3-2-4-6-8/h2-6H,7H2,1H3. The van der Waals surface area contributed by atoms with Crippen molar-refractivity contribution < 1.29 is 19.2 Å². The van der Waals surface area contributed by atoms with Gasteiger partial charge in [0.15, 0.2) is 0 Å². The van der Waals surface area contributed by atoms with Crippen LogP contribution >= 0.6 is 0 Å². The molecule has 1 aromatic carbocycles. The Morgan fingerprint density at radius 2 is 1.88 bits per heavy atom. The molecule has 6 nitrogen and oxygen atoms in total. The number of carbonyl (C=O) groups excluding carboxylic acids is 3. The van der Waals surface area contributed by atoms with Crippen molar-refractivity contribution in [2.45, 2.75) is 0 Å². The SMILES string of the molecule is CN1CC(=O)N(OC(=O)c2ccccc2)C1=O. The van der Waals surface area contributed by atoms with Crippen LogP contribution in [0.5, 0.6) is 0 Å². The van der Waals surface area contributed by atoms with Gasteiger partial charge in [-0.1, -0.05) is 23.3 Å². The summed E-state index contributed by atoms with van der Waals surface area (Å²) in [6.07, 6.45) is 0. The van der Waals surface area contributed by atoms with E-state index in [0.29, 0.717) is 5.06 Å². The first-order valence-electron chi connectivity index (χ1n) is 4.95. The number of rotatable bonds is 2. The minimum absolute atomic E-state index is 0.0824. The van der Waals surface area contributed by atoms with Gasteiger partial charge in [0.25, 0.3) is 5.91 Å². The number of urea groups is 1. The largest absolute Gasteiger partial charge is 0.363 e. The molecule has 0 spiro atoms. The Kier molecular flexibility index (Phi) is 2.78. The summed E-state index contributed by atoms with van der Waals surface area (Å²) >= 11 is 0. The van der Waals surface area contributed by atoms with Gasteiger partial charge in [-0.3, -0.25) is 4.79 Å². The van der Waals surface area contributed by atoms with Gasteiger partial charge < -0.3 is 9.74 Å². The van der Waals surface area contributed by atoms with Crippen LogP contribution in [0.2, 0.25) is 0 Å². The topological polar surface area (TPSA) is 66.9 Å². The molecule has 0 saturated carbocycles. The first kappa shape index (κ1) is 11.1. The van der Waals surface area contributed by atoms with Crippen LogP contribution in [-0.2, 0) is 9.63 Å². The normalized spacial score (nSPS) is 15.4. The van der Waals surface area contributed by atoms with Gasteiger partial charge in [-0.25, -0.2) is 9.59 Å². The lowest BCUT2D eigenvalue weighted by atomic mass is 10.2. The molecule has 1 aliphatic rings. The van der Waals surface area contributed by atoms with E-state index < -0.39 is 17.9 Å². The number of likely N-dealkylation sites (N-methyl/N-ethyl adjacent to an activating group) is 1. The lowest BCUT2D eigenvalue weighted by Gasteiger charge is -2.12. The third-order valence-corrected chi connectivity index (χ3v) is 2.28. The van der Waals surface area contributed by atoms with E-state index in [0.717, 1.165) is 0 Å². The van der Waals surface area contributed by atoms with Crippen molar-refractivity contribution in [2.24, 2.45) is 0 Å². The highest BCUT2D eigenvalue weighted by Gasteiger charge is 2.37. The molecular formula is C11H10N2O4. The van der Waals surface area contributed by atoms with Crippen LogP contribution in [0.3, 0.4) is 0 Å². The van der Waals surface area contributed by atoms with Crippen LogP contribution in [0.4, 0.5) is 4.79 Å².